The monoisotopic (exact) mass is 416 g/mol. The molecule has 1 spiro atoms. The first-order valence-electron chi connectivity index (χ1n) is 9.93. The Bertz CT molecular complexity index is 1040. The van der Waals surface area contributed by atoms with Gasteiger partial charge < -0.3 is 9.47 Å². The third-order valence-electron chi connectivity index (χ3n) is 6.27. The molecule has 30 heavy (non-hydrogen) atoms. The number of rotatable bonds is 1. The van der Waals surface area contributed by atoms with E-state index in [1.165, 1.54) is 12.5 Å². The fourth-order valence-electron chi connectivity index (χ4n) is 4.76. The molecule has 0 saturated heterocycles. The molecule has 0 amide bonds. The molecule has 3 aliphatic rings. The van der Waals surface area contributed by atoms with Crippen LogP contribution in [0.5, 0.6) is 0 Å². The van der Waals surface area contributed by atoms with Crippen LogP contribution in [0.4, 0.5) is 13.2 Å². The molecule has 0 N–H and O–H groups in total. The largest absolute Gasteiger partial charge is 0.456 e. The fourth-order valence-corrected chi connectivity index (χ4v) is 4.76. The van der Waals surface area contributed by atoms with Crippen molar-refractivity contribution in [3.05, 3.63) is 53.5 Å². The first-order chi connectivity index (χ1) is 14.4. The summed E-state index contributed by atoms with van der Waals surface area (Å²) in [6, 6.07) is 7.50. The summed E-state index contributed by atoms with van der Waals surface area (Å²) in [5.74, 6) is -1.02. The minimum absolute atomic E-state index is 0.0939. The number of fused-ring (bicyclic) bond motifs is 3. The van der Waals surface area contributed by atoms with E-state index in [0.717, 1.165) is 11.3 Å². The standard InChI is InChI=1S/C21H19F3N4O2/c22-21(23,24)16-4-2-14(3-5-16)19-27-26-18-11-20(29-7-8-30-20)10-15-9-13(12-25)1-6-17(15)28(18)19/h1,6-9,14,16H,2-5,10-11H2. The highest BCUT2D eigenvalue weighted by Crippen LogP contribution is 2.44. The highest BCUT2D eigenvalue weighted by molar-refractivity contribution is 5.50. The number of nitriles is 1. The first-order valence-corrected chi connectivity index (χ1v) is 9.93. The van der Waals surface area contributed by atoms with E-state index in [0.29, 0.717) is 42.9 Å². The molecule has 0 radical (unpaired) electrons. The van der Waals surface area contributed by atoms with Crippen LogP contribution in [0.3, 0.4) is 0 Å². The Balaban J connectivity index is 1.54. The van der Waals surface area contributed by atoms with Crippen molar-refractivity contribution < 1.29 is 22.6 Å². The number of hydrogen-bond acceptors (Lipinski definition) is 5. The molecule has 0 unspecified atom stereocenters. The van der Waals surface area contributed by atoms with E-state index in [1.54, 1.807) is 12.1 Å². The summed E-state index contributed by atoms with van der Waals surface area (Å²) < 4.78 is 52.7. The highest BCUT2D eigenvalue weighted by Gasteiger charge is 2.45. The van der Waals surface area contributed by atoms with Crippen molar-refractivity contribution in [3.8, 4) is 11.8 Å². The predicted octanol–water partition coefficient (Wildman–Crippen LogP) is 4.29. The zero-order valence-corrected chi connectivity index (χ0v) is 16.0. The number of ether oxygens (including phenoxy) is 2. The van der Waals surface area contributed by atoms with Gasteiger partial charge >= 0.3 is 6.18 Å². The van der Waals surface area contributed by atoms with Crippen LogP contribution in [0.15, 0.2) is 30.7 Å². The highest BCUT2D eigenvalue weighted by atomic mass is 19.4. The van der Waals surface area contributed by atoms with Crippen LogP contribution < -0.4 is 0 Å². The molecule has 3 heterocycles. The minimum atomic E-state index is -4.15. The van der Waals surface area contributed by atoms with Gasteiger partial charge in [0, 0.05) is 5.92 Å². The van der Waals surface area contributed by atoms with Crippen molar-refractivity contribution in [1.82, 2.24) is 14.8 Å². The molecule has 1 saturated carbocycles. The van der Waals surface area contributed by atoms with Crippen LogP contribution in [0.25, 0.3) is 5.69 Å². The van der Waals surface area contributed by atoms with E-state index in [9.17, 15) is 18.4 Å². The van der Waals surface area contributed by atoms with Crippen LogP contribution in [-0.2, 0) is 22.3 Å². The Morgan fingerprint density at radius 1 is 1.07 bits per heavy atom. The molecule has 156 valence electrons. The molecule has 9 heteroatoms. The molecule has 6 nitrogen and oxygen atoms in total. The van der Waals surface area contributed by atoms with Crippen molar-refractivity contribution >= 4 is 0 Å². The van der Waals surface area contributed by atoms with Crippen LogP contribution in [0.2, 0.25) is 0 Å². The van der Waals surface area contributed by atoms with Gasteiger partial charge in [-0.05, 0) is 49.4 Å². The molecule has 2 aliphatic heterocycles. The molecule has 0 atom stereocenters. The van der Waals surface area contributed by atoms with Crippen molar-refractivity contribution in [2.75, 3.05) is 0 Å². The fraction of sp³-hybridized carbons (Fsp3) is 0.476. The maximum atomic E-state index is 13.1. The lowest BCUT2D eigenvalue weighted by atomic mass is 9.81. The van der Waals surface area contributed by atoms with Crippen LogP contribution in [-0.4, -0.2) is 26.7 Å². The smallest absolute Gasteiger partial charge is 0.391 e. The molecule has 1 aromatic carbocycles. The Labute approximate surface area is 170 Å². The van der Waals surface area contributed by atoms with E-state index >= 15 is 0 Å². The number of alkyl halides is 3. The first kappa shape index (κ1) is 19.0. The molecular formula is C21H19F3N4O2. The van der Waals surface area contributed by atoms with Gasteiger partial charge in [0.1, 0.15) is 24.2 Å². The third-order valence-corrected chi connectivity index (χ3v) is 6.27. The normalized spacial score (nSPS) is 24.3. The molecule has 1 fully saturated rings. The van der Waals surface area contributed by atoms with Gasteiger partial charge in [0.15, 0.2) is 0 Å². The minimum Gasteiger partial charge on any atom is -0.456 e. The van der Waals surface area contributed by atoms with E-state index in [1.807, 2.05) is 10.6 Å². The van der Waals surface area contributed by atoms with Crippen molar-refractivity contribution in [1.29, 1.82) is 5.26 Å². The van der Waals surface area contributed by atoms with Crippen LogP contribution >= 0.6 is 0 Å². The van der Waals surface area contributed by atoms with Gasteiger partial charge in [-0.1, -0.05) is 0 Å². The number of aromatic nitrogens is 3. The van der Waals surface area contributed by atoms with Crippen molar-refractivity contribution in [3.63, 3.8) is 0 Å². The molecular weight excluding hydrogens is 397 g/mol. The predicted molar refractivity (Wildman–Crippen MR) is 98.3 cm³/mol. The topological polar surface area (TPSA) is 73.0 Å². The van der Waals surface area contributed by atoms with Gasteiger partial charge in [-0.3, -0.25) is 4.57 Å². The summed E-state index contributed by atoms with van der Waals surface area (Å²) in [6.07, 6.45) is 0.576. The van der Waals surface area contributed by atoms with E-state index in [-0.39, 0.29) is 18.8 Å². The second-order valence-electron chi connectivity index (χ2n) is 8.13. The number of benzene rings is 1. The quantitative estimate of drug-likeness (QED) is 0.694. The lowest BCUT2D eigenvalue weighted by Crippen LogP contribution is -2.35. The second-order valence-corrected chi connectivity index (χ2v) is 8.13. The average Bonchev–Trinajstić information content (AvgIpc) is 3.32. The maximum Gasteiger partial charge on any atom is 0.391 e. The molecule has 2 aromatic rings. The number of halogens is 3. The number of nitrogens with zero attached hydrogens (tertiary/aromatic N) is 4. The van der Waals surface area contributed by atoms with E-state index in [4.69, 9.17) is 9.47 Å². The lowest BCUT2D eigenvalue weighted by molar-refractivity contribution is -0.182. The zero-order chi connectivity index (χ0) is 20.9. The van der Waals surface area contributed by atoms with Gasteiger partial charge in [0.2, 0.25) is 0 Å². The summed E-state index contributed by atoms with van der Waals surface area (Å²) in [5.41, 5.74) is 2.18. The second kappa shape index (κ2) is 6.76. The van der Waals surface area contributed by atoms with Gasteiger partial charge in [-0.25, -0.2) is 0 Å². The van der Waals surface area contributed by atoms with Crippen molar-refractivity contribution in [2.45, 2.75) is 56.4 Å². The lowest BCUT2D eigenvalue weighted by Gasteiger charge is -2.29. The summed E-state index contributed by atoms with van der Waals surface area (Å²) in [5, 5.41) is 18.1. The Hall–Kier alpha value is -3.02. The summed E-state index contributed by atoms with van der Waals surface area (Å²) in [6.45, 7) is 0. The maximum absolute atomic E-state index is 13.1. The average molecular weight is 416 g/mol. The molecule has 1 aromatic heterocycles. The molecule has 1 aliphatic carbocycles. The van der Waals surface area contributed by atoms with Crippen LogP contribution in [0, 0.1) is 17.2 Å². The third kappa shape index (κ3) is 3.11. The zero-order valence-electron chi connectivity index (χ0n) is 16.0. The Morgan fingerprint density at radius 2 is 1.80 bits per heavy atom. The Morgan fingerprint density at radius 3 is 2.47 bits per heavy atom. The SMILES string of the molecule is N#Cc1ccc2c(c1)CC1(Cc3nnc(C4CCC(C(F)(F)F)CC4)n3-2)OC=CO1. The summed E-state index contributed by atoms with van der Waals surface area (Å²) in [4.78, 5) is 0. The van der Waals surface area contributed by atoms with Gasteiger partial charge in [0.25, 0.3) is 5.79 Å². The summed E-state index contributed by atoms with van der Waals surface area (Å²) in [7, 11) is 0. The molecule has 0 bridgehead atoms. The van der Waals surface area contributed by atoms with E-state index in [2.05, 4.69) is 16.3 Å². The van der Waals surface area contributed by atoms with Gasteiger partial charge in [-0.15, -0.1) is 10.2 Å². The van der Waals surface area contributed by atoms with Crippen molar-refractivity contribution in [2.24, 2.45) is 5.92 Å². The summed E-state index contributed by atoms with van der Waals surface area (Å²) >= 11 is 0. The van der Waals surface area contributed by atoms with Gasteiger partial charge in [0.05, 0.1) is 36.1 Å². The van der Waals surface area contributed by atoms with E-state index < -0.39 is 17.9 Å². The molecule has 5 rings (SSSR count). The van der Waals surface area contributed by atoms with Gasteiger partial charge in [-0.2, -0.15) is 18.4 Å². The number of hydrogen-bond donors (Lipinski definition) is 0. The Kier molecular flexibility index (Phi) is 4.27. The van der Waals surface area contributed by atoms with Crippen LogP contribution in [0.1, 0.15) is 54.4 Å².